The van der Waals surface area contributed by atoms with Crippen LogP contribution >= 0.6 is 0 Å². The van der Waals surface area contributed by atoms with Crippen LogP contribution in [0.2, 0.25) is 0 Å². The molecule has 0 spiro atoms. The van der Waals surface area contributed by atoms with E-state index in [-0.39, 0.29) is 0 Å². The van der Waals surface area contributed by atoms with Gasteiger partial charge in [-0.05, 0) is 25.2 Å². The summed E-state index contributed by atoms with van der Waals surface area (Å²) in [5, 5.41) is 3.59. The second-order valence-electron chi connectivity index (χ2n) is 4.55. The maximum Gasteiger partial charge on any atom is 0.00949 e. The number of hydrogen-bond donors (Lipinski definition) is 1. The van der Waals surface area contributed by atoms with Gasteiger partial charge in [0, 0.05) is 12.1 Å². The van der Waals surface area contributed by atoms with E-state index in [0.717, 1.165) is 0 Å². The van der Waals surface area contributed by atoms with E-state index in [0.29, 0.717) is 17.5 Å². The molecule has 0 heterocycles. The van der Waals surface area contributed by atoms with Crippen LogP contribution in [0.15, 0.2) is 0 Å². The molecule has 1 unspecified atom stereocenters. The summed E-state index contributed by atoms with van der Waals surface area (Å²) < 4.78 is 0. The molecule has 1 saturated carbocycles. The highest BCUT2D eigenvalue weighted by atomic mass is 15.0. The van der Waals surface area contributed by atoms with Gasteiger partial charge in [-0.3, -0.25) is 0 Å². The first kappa shape index (κ1) is 9.05. The second-order valence-corrected chi connectivity index (χ2v) is 4.55. The highest BCUT2D eigenvalue weighted by Crippen LogP contribution is 2.43. The van der Waals surface area contributed by atoms with Gasteiger partial charge in [0.05, 0.1) is 0 Å². The number of nitrogens with one attached hydrogen (secondary N) is 1. The zero-order chi connectivity index (χ0) is 8.48. The molecule has 1 nitrogen and oxygen atoms in total. The summed E-state index contributed by atoms with van der Waals surface area (Å²) >= 11 is 0. The smallest absolute Gasteiger partial charge is 0.00949 e. The Balaban J connectivity index is 2.34. The third-order valence-electron chi connectivity index (χ3n) is 3.12. The third-order valence-corrected chi connectivity index (χ3v) is 3.12. The van der Waals surface area contributed by atoms with Gasteiger partial charge in [-0.15, -0.1) is 0 Å². The van der Waals surface area contributed by atoms with Crippen LogP contribution in [-0.2, 0) is 0 Å². The molecule has 66 valence electrons. The summed E-state index contributed by atoms with van der Waals surface area (Å²) in [5.74, 6) is 0. The van der Waals surface area contributed by atoms with Gasteiger partial charge in [-0.1, -0.05) is 27.2 Å². The molecule has 0 aliphatic heterocycles. The molecule has 0 aromatic rings. The molecule has 1 heteroatoms. The standard InChI is InChI=1S/C10H21N/c1-8(2)11-9(3)10(4)6-5-7-10/h8-9,11H,5-7H2,1-4H3. The monoisotopic (exact) mass is 155 g/mol. The minimum atomic E-state index is 0.601. The highest BCUT2D eigenvalue weighted by Gasteiger charge is 2.36. The molecule has 1 aliphatic carbocycles. The Hall–Kier alpha value is -0.0400. The Morgan fingerprint density at radius 1 is 1.18 bits per heavy atom. The minimum absolute atomic E-state index is 0.601. The molecule has 1 aliphatic rings. The molecule has 0 amide bonds. The molecule has 0 aromatic heterocycles. The van der Waals surface area contributed by atoms with Crippen LogP contribution in [0.5, 0.6) is 0 Å². The molecular formula is C10H21N. The Kier molecular flexibility index (Phi) is 2.58. The van der Waals surface area contributed by atoms with Gasteiger partial charge >= 0.3 is 0 Å². The first-order chi connectivity index (χ1) is 5.04. The van der Waals surface area contributed by atoms with Gasteiger partial charge in [0.25, 0.3) is 0 Å². The van der Waals surface area contributed by atoms with E-state index in [9.17, 15) is 0 Å². The summed E-state index contributed by atoms with van der Waals surface area (Å²) in [5.41, 5.74) is 0.601. The topological polar surface area (TPSA) is 12.0 Å². The minimum Gasteiger partial charge on any atom is -0.312 e. The molecule has 11 heavy (non-hydrogen) atoms. The van der Waals surface area contributed by atoms with Crippen molar-refractivity contribution in [2.45, 2.75) is 59.0 Å². The third kappa shape index (κ3) is 1.96. The van der Waals surface area contributed by atoms with Gasteiger partial charge in [-0.25, -0.2) is 0 Å². The number of rotatable bonds is 3. The molecular weight excluding hydrogens is 134 g/mol. The molecule has 0 aromatic carbocycles. The molecule has 1 N–H and O–H groups in total. The Morgan fingerprint density at radius 2 is 1.73 bits per heavy atom. The summed E-state index contributed by atoms with van der Waals surface area (Å²) in [7, 11) is 0. The van der Waals surface area contributed by atoms with Crippen molar-refractivity contribution in [2.24, 2.45) is 5.41 Å². The molecule has 0 radical (unpaired) electrons. The molecule has 0 bridgehead atoms. The highest BCUT2D eigenvalue weighted by molar-refractivity contribution is 4.92. The van der Waals surface area contributed by atoms with Crippen molar-refractivity contribution in [3.63, 3.8) is 0 Å². The van der Waals surface area contributed by atoms with Crippen LogP contribution < -0.4 is 5.32 Å². The normalized spacial score (nSPS) is 24.8. The molecule has 0 saturated heterocycles. The van der Waals surface area contributed by atoms with Crippen molar-refractivity contribution < 1.29 is 0 Å². The number of hydrogen-bond acceptors (Lipinski definition) is 1. The van der Waals surface area contributed by atoms with E-state index >= 15 is 0 Å². The van der Waals surface area contributed by atoms with Gasteiger partial charge < -0.3 is 5.32 Å². The SMILES string of the molecule is CC(C)NC(C)C1(C)CCC1. The van der Waals surface area contributed by atoms with Gasteiger partial charge in [0.2, 0.25) is 0 Å². The van der Waals surface area contributed by atoms with Crippen LogP contribution in [0.25, 0.3) is 0 Å². The van der Waals surface area contributed by atoms with E-state index in [2.05, 4.69) is 33.0 Å². The lowest BCUT2D eigenvalue weighted by atomic mass is 9.66. The first-order valence-corrected chi connectivity index (χ1v) is 4.81. The summed E-state index contributed by atoms with van der Waals surface area (Å²) in [6.07, 6.45) is 4.25. The predicted octanol–water partition coefficient (Wildman–Crippen LogP) is 2.56. The Morgan fingerprint density at radius 3 is 2.00 bits per heavy atom. The molecule has 1 rings (SSSR count). The van der Waals surface area contributed by atoms with Gasteiger partial charge in [0.1, 0.15) is 0 Å². The summed E-state index contributed by atoms with van der Waals surface area (Å²) in [4.78, 5) is 0. The lowest BCUT2D eigenvalue weighted by Gasteiger charge is -2.44. The zero-order valence-electron chi connectivity index (χ0n) is 8.28. The quantitative estimate of drug-likeness (QED) is 0.660. The van der Waals surface area contributed by atoms with Crippen molar-refractivity contribution in [1.29, 1.82) is 0 Å². The van der Waals surface area contributed by atoms with Crippen molar-refractivity contribution in [2.75, 3.05) is 0 Å². The van der Waals surface area contributed by atoms with Gasteiger partial charge in [0.15, 0.2) is 0 Å². The van der Waals surface area contributed by atoms with Crippen LogP contribution in [0.3, 0.4) is 0 Å². The first-order valence-electron chi connectivity index (χ1n) is 4.81. The van der Waals surface area contributed by atoms with E-state index in [1.54, 1.807) is 0 Å². The van der Waals surface area contributed by atoms with Crippen LogP contribution in [-0.4, -0.2) is 12.1 Å². The van der Waals surface area contributed by atoms with E-state index < -0.39 is 0 Å². The second kappa shape index (κ2) is 3.14. The van der Waals surface area contributed by atoms with E-state index in [1.165, 1.54) is 19.3 Å². The Bertz CT molecular complexity index is 125. The van der Waals surface area contributed by atoms with Crippen LogP contribution in [0, 0.1) is 5.41 Å². The summed E-state index contributed by atoms with van der Waals surface area (Å²) in [6.45, 7) is 9.16. The lowest BCUT2D eigenvalue weighted by Crippen LogP contribution is -2.47. The van der Waals surface area contributed by atoms with Crippen LogP contribution in [0.4, 0.5) is 0 Å². The molecule has 1 fully saturated rings. The lowest BCUT2D eigenvalue weighted by molar-refractivity contribution is 0.102. The van der Waals surface area contributed by atoms with Crippen molar-refractivity contribution >= 4 is 0 Å². The van der Waals surface area contributed by atoms with Crippen molar-refractivity contribution in [3.05, 3.63) is 0 Å². The van der Waals surface area contributed by atoms with Crippen molar-refractivity contribution in [1.82, 2.24) is 5.32 Å². The molecule has 1 atom stereocenters. The largest absolute Gasteiger partial charge is 0.312 e. The fourth-order valence-electron chi connectivity index (χ4n) is 1.87. The predicted molar refractivity (Wildman–Crippen MR) is 49.7 cm³/mol. The summed E-state index contributed by atoms with van der Waals surface area (Å²) in [6, 6.07) is 1.32. The fourth-order valence-corrected chi connectivity index (χ4v) is 1.87. The van der Waals surface area contributed by atoms with Crippen molar-refractivity contribution in [3.8, 4) is 0 Å². The van der Waals surface area contributed by atoms with Crippen LogP contribution in [0.1, 0.15) is 47.0 Å². The maximum atomic E-state index is 3.59. The van der Waals surface area contributed by atoms with Gasteiger partial charge in [-0.2, -0.15) is 0 Å². The average Bonchev–Trinajstić information content (AvgIpc) is 1.81. The van der Waals surface area contributed by atoms with E-state index in [4.69, 9.17) is 0 Å². The maximum absolute atomic E-state index is 3.59. The van der Waals surface area contributed by atoms with E-state index in [1.807, 2.05) is 0 Å². The zero-order valence-corrected chi connectivity index (χ0v) is 8.28. The average molecular weight is 155 g/mol. The fraction of sp³-hybridized carbons (Fsp3) is 1.00. The Labute approximate surface area is 70.6 Å².